The van der Waals surface area contributed by atoms with Crippen LogP contribution in [0.4, 0.5) is 0 Å². The molecule has 6 nitrogen and oxygen atoms in total. The maximum atomic E-state index is 6.11. The Bertz CT molecular complexity index is 871. The zero-order valence-corrected chi connectivity index (χ0v) is 17.9. The van der Waals surface area contributed by atoms with Crippen molar-refractivity contribution in [1.82, 2.24) is 14.9 Å². The fourth-order valence-electron chi connectivity index (χ4n) is 3.12. The number of methoxy groups -OCH3 is 2. The van der Waals surface area contributed by atoms with E-state index in [0.29, 0.717) is 16.7 Å². The fourth-order valence-corrected chi connectivity index (χ4v) is 3.24. The number of rotatable bonds is 9. The SMILES string of the molecule is CO[C@@H](C)c1nnc([C@H](C)OC)n1N[C@@H](Cc1ccccc1)c1ccc(Cl)cc1. The minimum atomic E-state index is -0.226. The van der Waals surface area contributed by atoms with Crippen molar-refractivity contribution in [3.05, 3.63) is 82.4 Å². The number of halogens is 1. The van der Waals surface area contributed by atoms with Crippen LogP contribution >= 0.6 is 11.6 Å². The van der Waals surface area contributed by atoms with Crippen molar-refractivity contribution in [3.8, 4) is 0 Å². The molecule has 0 aliphatic rings. The van der Waals surface area contributed by atoms with E-state index in [2.05, 4.69) is 27.8 Å². The van der Waals surface area contributed by atoms with Gasteiger partial charge in [-0.05, 0) is 43.5 Å². The predicted molar refractivity (Wildman–Crippen MR) is 115 cm³/mol. The van der Waals surface area contributed by atoms with Gasteiger partial charge in [-0.15, -0.1) is 10.2 Å². The first kappa shape index (κ1) is 21.3. The number of nitrogens with one attached hydrogen (secondary N) is 1. The van der Waals surface area contributed by atoms with E-state index in [0.717, 1.165) is 12.0 Å². The Morgan fingerprint density at radius 3 is 1.97 bits per heavy atom. The van der Waals surface area contributed by atoms with Gasteiger partial charge in [-0.1, -0.05) is 54.1 Å². The summed E-state index contributed by atoms with van der Waals surface area (Å²) in [6.07, 6.45) is 0.327. The molecule has 0 amide bonds. The Labute approximate surface area is 176 Å². The van der Waals surface area contributed by atoms with Gasteiger partial charge in [0.05, 0.1) is 6.04 Å². The third-order valence-corrected chi connectivity index (χ3v) is 5.24. The minimum absolute atomic E-state index is 0.0312. The van der Waals surface area contributed by atoms with Gasteiger partial charge >= 0.3 is 0 Å². The van der Waals surface area contributed by atoms with Gasteiger partial charge in [-0.2, -0.15) is 0 Å². The number of hydrogen-bond acceptors (Lipinski definition) is 5. The zero-order chi connectivity index (χ0) is 20.8. The highest BCUT2D eigenvalue weighted by atomic mass is 35.5. The highest BCUT2D eigenvalue weighted by Gasteiger charge is 2.24. The van der Waals surface area contributed by atoms with Crippen LogP contribution in [0.25, 0.3) is 0 Å². The zero-order valence-electron chi connectivity index (χ0n) is 17.2. The van der Waals surface area contributed by atoms with Gasteiger partial charge in [0.2, 0.25) is 0 Å². The fraction of sp³-hybridized carbons (Fsp3) is 0.364. The number of hydrogen-bond donors (Lipinski definition) is 1. The van der Waals surface area contributed by atoms with Gasteiger partial charge in [-0.25, -0.2) is 4.68 Å². The molecule has 0 saturated carbocycles. The summed E-state index contributed by atoms with van der Waals surface area (Å²) in [4.78, 5) is 0. The standard InChI is InChI=1S/C22H27ClN4O2/c1-15(28-3)21-24-25-22(16(2)29-4)27(21)26-20(14-17-8-6-5-7-9-17)18-10-12-19(23)13-11-18/h5-13,15-16,20,26H,14H2,1-4H3/t15-,16-,20-/m0/s1. The Kier molecular flexibility index (Phi) is 7.25. The number of benzene rings is 2. The van der Waals surface area contributed by atoms with Crippen LogP contribution in [-0.2, 0) is 15.9 Å². The van der Waals surface area contributed by atoms with Crippen molar-refractivity contribution < 1.29 is 9.47 Å². The quantitative estimate of drug-likeness (QED) is 0.541. The van der Waals surface area contributed by atoms with Crippen LogP contribution in [0.5, 0.6) is 0 Å². The summed E-state index contributed by atoms with van der Waals surface area (Å²) in [5, 5.41) is 9.40. The van der Waals surface area contributed by atoms with Crippen LogP contribution < -0.4 is 5.43 Å². The van der Waals surface area contributed by atoms with Gasteiger partial charge in [0, 0.05) is 19.2 Å². The average Bonchev–Trinajstić information content (AvgIpc) is 3.17. The van der Waals surface area contributed by atoms with Gasteiger partial charge in [0.15, 0.2) is 11.6 Å². The van der Waals surface area contributed by atoms with Crippen LogP contribution in [0.3, 0.4) is 0 Å². The van der Waals surface area contributed by atoms with Crippen molar-refractivity contribution in [3.63, 3.8) is 0 Å². The summed E-state index contributed by atoms with van der Waals surface area (Å²) >= 11 is 6.11. The second kappa shape index (κ2) is 9.87. The lowest BCUT2D eigenvalue weighted by Gasteiger charge is -2.25. The van der Waals surface area contributed by atoms with Crippen LogP contribution in [0.1, 0.15) is 54.9 Å². The number of nitrogens with zero attached hydrogens (tertiary/aromatic N) is 3. The van der Waals surface area contributed by atoms with E-state index in [9.17, 15) is 0 Å². The summed E-state index contributed by atoms with van der Waals surface area (Å²) < 4.78 is 12.9. The van der Waals surface area contributed by atoms with Crippen LogP contribution in [-0.4, -0.2) is 29.1 Å². The molecule has 1 heterocycles. The van der Waals surface area contributed by atoms with E-state index in [1.807, 2.05) is 61.0 Å². The molecule has 0 aliphatic carbocycles. The Morgan fingerprint density at radius 1 is 0.897 bits per heavy atom. The summed E-state index contributed by atoms with van der Waals surface area (Å²) in [6, 6.07) is 18.2. The van der Waals surface area contributed by atoms with E-state index in [-0.39, 0.29) is 18.2 Å². The lowest BCUT2D eigenvalue weighted by atomic mass is 9.99. The number of ether oxygens (including phenoxy) is 2. The molecule has 0 spiro atoms. The second-order valence-corrected chi connectivity index (χ2v) is 7.37. The van der Waals surface area contributed by atoms with E-state index >= 15 is 0 Å². The first-order chi connectivity index (χ1) is 14.0. The predicted octanol–water partition coefficient (Wildman–Crippen LogP) is 4.87. The second-order valence-electron chi connectivity index (χ2n) is 6.93. The molecule has 7 heteroatoms. The molecule has 3 atom stereocenters. The lowest BCUT2D eigenvalue weighted by Crippen LogP contribution is -2.28. The first-order valence-electron chi connectivity index (χ1n) is 9.60. The maximum Gasteiger partial charge on any atom is 0.180 e. The van der Waals surface area contributed by atoms with Crippen LogP contribution in [0.2, 0.25) is 5.02 Å². The highest BCUT2D eigenvalue weighted by Crippen LogP contribution is 2.25. The monoisotopic (exact) mass is 414 g/mol. The summed E-state index contributed by atoms with van der Waals surface area (Å²) in [7, 11) is 3.31. The Balaban J connectivity index is 2.00. The normalized spacial score (nSPS) is 14.4. The van der Waals surface area contributed by atoms with Crippen molar-refractivity contribution >= 4 is 11.6 Å². The highest BCUT2D eigenvalue weighted by molar-refractivity contribution is 6.30. The van der Waals surface area contributed by atoms with Crippen molar-refractivity contribution in [2.24, 2.45) is 0 Å². The maximum absolute atomic E-state index is 6.11. The molecule has 0 aliphatic heterocycles. The summed E-state index contributed by atoms with van der Waals surface area (Å²) in [6.45, 7) is 3.88. The summed E-state index contributed by atoms with van der Waals surface area (Å²) in [5.74, 6) is 1.39. The van der Waals surface area contributed by atoms with E-state index in [1.54, 1.807) is 14.2 Å². The third kappa shape index (κ3) is 5.15. The molecule has 2 aromatic carbocycles. The van der Waals surface area contributed by atoms with Crippen molar-refractivity contribution in [1.29, 1.82) is 0 Å². The van der Waals surface area contributed by atoms with Gasteiger partial charge in [-0.3, -0.25) is 0 Å². The molecule has 0 bridgehead atoms. The van der Waals surface area contributed by atoms with Crippen LogP contribution in [0, 0.1) is 0 Å². The van der Waals surface area contributed by atoms with Crippen LogP contribution in [0.15, 0.2) is 54.6 Å². The number of aromatic nitrogens is 3. The minimum Gasteiger partial charge on any atom is -0.374 e. The molecule has 29 heavy (non-hydrogen) atoms. The van der Waals surface area contributed by atoms with E-state index < -0.39 is 0 Å². The topological polar surface area (TPSA) is 61.2 Å². The molecule has 3 rings (SSSR count). The van der Waals surface area contributed by atoms with Gasteiger partial charge in [0.25, 0.3) is 0 Å². The van der Waals surface area contributed by atoms with E-state index in [4.69, 9.17) is 21.1 Å². The molecule has 0 unspecified atom stereocenters. The largest absolute Gasteiger partial charge is 0.374 e. The Morgan fingerprint density at radius 2 is 1.45 bits per heavy atom. The molecule has 1 aromatic heterocycles. The molecular formula is C22H27ClN4O2. The molecule has 3 aromatic rings. The Hall–Kier alpha value is -2.41. The molecule has 0 saturated heterocycles. The van der Waals surface area contributed by atoms with E-state index in [1.165, 1.54) is 5.56 Å². The molecule has 154 valence electrons. The van der Waals surface area contributed by atoms with Crippen molar-refractivity contribution in [2.45, 2.75) is 38.5 Å². The van der Waals surface area contributed by atoms with Crippen molar-refractivity contribution in [2.75, 3.05) is 19.6 Å². The average molecular weight is 415 g/mol. The first-order valence-corrected chi connectivity index (χ1v) is 9.98. The van der Waals surface area contributed by atoms with Gasteiger partial charge < -0.3 is 14.9 Å². The summed E-state index contributed by atoms with van der Waals surface area (Å²) in [5.41, 5.74) is 5.93. The molecule has 1 N–H and O–H groups in total. The molecular weight excluding hydrogens is 388 g/mol. The smallest absolute Gasteiger partial charge is 0.180 e. The lowest BCUT2D eigenvalue weighted by molar-refractivity contribution is 0.101. The molecule has 0 fully saturated rings. The van der Waals surface area contributed by atoms with Gasteiger partial charge in [0.1, 0.15) is 12.2 Å². The third-order valence-electron chi connectivity index (χ3n) is 4.99. The molecule has 0 radical (unpaired) electrons.